The van der Waals surface area contributed by atoms with Gasteiger partial charge in [-0.15, -0.1) is 21.5 Å². The average Bonchev–Trinajstić information content (AvgIpc) is 3.54. The molecule has 0 spiro atoms. The van der Waals surface area contributed by atoms with E-state index in [4.69, 9.17) is 14.7 Å². The maximum Gasteiger partial charge on any atom is 0.451 e. The van der Waals surface area contributed by atoms with E-state index in [0.29, 0.717) is 31.3 Å². The van der Waals surface area contributed by atoms with Crippen molar-refractivity contribution in [1.29, 1.82) is 0 Å². The number of aromatic nitrogens is 5. The number of thiophene rings is 1. The largest absolute Gasteiger partial charge is 0.461 e. The van der Waals surface area contributed by atoms with Gasteiger partial charge in [-0.1, -0.05) is 13.3 Å². The number of nitrogens with zero attached hydrogens (tertiary/aromatic N) is 7. The van der Waals surface area contributed by atoms with Crippen LogP contribution >= 0.6 is 11.3 Å². The van der Waals surface area contributed by atoms with Crippen LogP contribution in [0.2, 0.25) is 0 Å². The Kier molecular flexibility index (Phi) is 6.52. The van der Waals surface area contributed by atoms with Crippen LogP contribution in [0.4, 0.5) is 24.9 Å². The Morgan fingerprint density at radius 1 is 1.22 bits per heavy atom. The van der Waals surface area contributed by atoms with Gasteiger partial charge in [-0.25, -0.2) is 9.78 Å². The first kappa shape index (κ1) is 24.7. The highest BCUT2D eigenvalue weighted by Gasteiger charge is 2.40. The third kappa shape index (κ3) is 4.60. The molecule has 194 valence electrons. The van der Waals surface area contributed by atoms with Gasteiger partial charge in [0.05, 0.1) is 18.0 Å². The Bertz CT molecular complexity index is 1270. The van der Waals surface area contributed by atoms with Crippen molar-refractivity contribution in [3.63, 3.8) is 0 Å². The normalized spacial score (nSPS) is 18.4. The van der Waals surface area contributed by atoms with Crippen LogP contribution in [0.5, 0.6) is 0 Å². The lowest BCUT2D eigenvalue weighted by atomic mass is 10.2. The molecule has 1 atom stereocenters. The molecule has 1 saturated heterocycles. The fourth-order valence-corrected chi connectivity index (χ4v) is 5.91. The van der Waals surface area contributed by atoms with Crippen molar-refractivity contribution in [3.05, 3.63) is 22.6 Å². The summed E-state index contributed by atoms with van der Waals surface area (Å²) in [6, 6.07) is 1.60. The molecule has 36 heavy (non-hydrogen) atoms. The van der Waals surface area contributed by atoms with Crippen molar-refractivity contribution >= 4 is 39.3 Å². The summed E-state index contributed by atoms with van der Waals surface area (Å²) in [6.45, 7) is 6.92. The summed E-state index contributed by atoms with van der Waals surface area (Å²) >= 11 is 1.58. The van der Waals surface area contributed by atoms with Gasteiger partial charge in [0.1, 0.15) is 16.7 Å². The highest BCUT2D eigenvalue weighted by molar-refractivity contribution is 7.18. The zero-order valence-corrected chi connectivity index (χ0v) is 21.2. The maximum atomic E-state index is 13.3. The summed E-state index contributed by atoms with van der Waals surface area (Å²) in [5.74, 6) is 0.0461. The van der Waals surface area contributed by atoms with Crippen LogP contribution < -0.4 is 9.80 Å². The van der Waals surface area contributed by atoms with Gasteiger partial charge < -0.3 is 19.1 Å². The third-order valence-electron chi connectivity index (χ3n) is 6.35. The molecule has 0 bridgehead atoms. The molecule has 0 amide bonds. The van der Waals surface area contributed by atoms with Crippen molar-refractivity contribution in [2.45, 2.75) is 77.9 Å². The van der Waals surface area contributed by atoms with Gasteiger partial charge in [-0.3, -0.25) is 0 Å². The number of ether oxygens (including phenoxy) is 1. The van der Waals surface area contributed by atoms with Crippen LogP contribution in [0.15, 0.2) is 6.07 Å². The summed E-state index contributed by atoms with van der Waals surface area (Å²) < 4.78 is 46.6. The van der Waals surface area contributed by atoms with Gasteiger partial charge in [-0.05, 0) is 39.2 Å². The summed E-state index contributed by atoms with van der Waals surface area (Å²) in [4.78, 5) is 28.2. The van der Waals surface area contributed by atoms with E-state index in [9.17, 15) is 18.0 Å². The highest BCUT2D eigenvalue weighted by Crippen LogP contribution is 2.37. The number of anilines is 2. The molecule has 5 rings (SSSR count). The van der Waals surface area contributed by atoms with E-state index in [1.54, 1.807) is 11.3 Å². The molecule has 2 aliphatic heterocycles. The second kappa shape index (κ2) is 9.49. The molecule has 2 aliphatic rings. The van der Waals surface area contributed by atoms with E-state index < -0.39 is 18.0 Å². The summed E-state index contributed by atoms with van der Waals surface area (Å²) in [7, 11) is 0. The van der Waals surface area contributed by atoms with Crippen molar-refractivity contribution in [3.8, 4) is 0 Å². The number of rotatable bonds is 6. The molecule has 13 heteroatoms. The van der Waals surface area contributed by atoms with E-state index in [1.165, 1.54) is 0 Å². The van der Waals surface area contributed by atoms with Gasteiger partial charge in [0.25, 0.3) is 0 Å². The summed E-state index contributed by atoms with van der Waals surface area (Å²) in [5.41, 5.74) is 0. The zero-order chi connectivity index (χ0) is 25.6. The number of carbonyl (C=O) groups is 1. The Labute approximate surface area is 210 Å². The molecule has 1 unspecified atom stereocenters. The fourth-order valence-electron chi connectivity index (χ4n) is 4.79. The number of halogens is 3. The Balaban J connectivity index is 1.53. The number of hydrogen-bond acceptors (Lipinski definition) is 9. The molecule has 0 aliphatic carbocycles. The predicted octanol–water partition coefficient (Wildman–Crippen LogP) is 4.19. The first-order chi connectivity index (χ1) is 17.2. The summed E-state index contributed by atoms with van der Waals surface area (Å²) in [6.07, 6.45) is -1.44. The molecule has 0 aromatic carbocycles. The molecule has 9 nitrogen and oxygen atoms in total. The molecule has 3 aromatic rings. The second-order valence-corrected chi connectivity index (χ2v) is 10.5. The lowest BCUT2D eigenvalue weighted by molar-refractivity contribution is -0.149. The standard InChI is InChI=1S/C23H28F3N7O2S/c1-4-6-14-11-15-18(31-9-10-33-17(12-31)29-30-21(33)23(24,25)26)27-22(28-19(15)36-14)32-8-5-7-16(32)20(34)35-13(2)3/h11,13,16H,4-10,12H2,1-3H3. The minimum atomic E-state index is -4.56. The lowest BCUT2D eigenvalue weighted by Crippen LogP contribution is -2.40. The lowest BCUT2D eigenvalue weighted by Gasteiger charge is -2.30. The number of alkyl halides is 3. The van der Waals surface area contributed by atoms with E-state index in [-0.39, 0.29) is 31.0 Å². The van der Waals surface area contributed by atoms with Gasteiger partial charge in [0, 0.05) is 24.5 Å². The third-order valence-corrected chi connectivity index (χ3v) is 7.44. The number of esters is 1. The van der Waals surface area contributed by atoms with Crippen LogP contribution in [0.1, 0.15) is 56.6 Å². The smallest absolute Gasteiger partial charge is 0.451 e. The number of aryl methyl sites for hydroxylation is 1. The molecule has 3 aromatic heterocycles. The Hall–Kier alpha value is -2.96. The van der Waals surface area contributed by atoms with Gasteiger partial charge in [0.15, 0.2) is 5.82 Å². The number of hydrogen-bond donors (Lipinski definition) is 0. The number of fused-ring (bicyclic) bond motifs is 2. The zero-order valence-electron chi connectivity index (χ0n) is 20.4. The van der Waals surface area contributed by atoms with Gasteiger partial charge in [-0.2, -0.15) is 18.2 Å². The molecule has 0 saturated carbocycles. The molecule has 0 radical (unpaired) electrons. The van der Waals surface area contributed by atoms with E-state index in [2.05, 4.69) is 23.2 Å². The second-order valence-electron chi connectivity index (χ2n) is 9.38. The quantitative estimate of drug-likeness (QED) is 0.445. The van der Waals surface area contributed by atoms with Crippen LogP contribution in [0.3, 0.4) is 0 Å². The molecular weight excluding hydrogens is 495 g/mol. The van der Waals surface area contributed by atoms with Crippen molar-refractivity contribution in [1.82, 2.24) is 24.7 Å². The van der Waals surface area contributed by atoms with Gasteiger partial charge in [0.2, 0.25) is 11.8 Å². The van der Waals surface area contributed by atoms with Crippen LogP contribution in [-0.4, -0.2) is 55.9 Å². The molecule has 1 fully saturated rings. The molecule has 5 heterocycles. The number of carbonyl (C=O) groups excluding carboxylic acids is 1. The Morgan fingerprint density at radius 3 is 2.75 bits per heavy atom. The van der Waals surface area contributed by atoms with E-state index in [0.717, 1.165) is 38.9 Å². The van der Waals surface area contributed by atoms with E-state index >= 15 is 0 Å². The Morgan fingerprint density at radius 2 is 2.03 bits per heavy atom. The molecule has 0 N–H and O–H groups in total. The fraction of sp³-hybridized carbons (Fsp3) is 0.609. The van der Waals surface area contributed by atoms with E-state index in [1.807, 2.05) is 23.6 Å². The topological polar surface area (TPSA) is 89.3 Å². The van der Waals surface area contributed by atoms with Crippen LogP contribution in [-0.2, 0) is 35.2 Å². The van der Waals surface area contributed by atoms with Crippen LogP contribution in [0, 0.1) is 0 Å². The highest BCUT2D eigenvalue weighted by atomic mass is 32.1. The maximum absolute atomic E-state index is 13.3. The van der Waals surface area contributed by atoms with Crippen LogP contribution in [0.25, 0.3) is 10.2 Å². The van der Waals surface area contributed by atoms with Crippen molar-refractivity contribution in [2.75, 3.05) is 22.9 Å². The monoisotopic (exact) mass is 523 g/mol. The summed E-state index contributed by atoms with van der Waals surface area (Å²) in [5, 5.41) is 8.07. The van der Waals surface area contributed by atoms with Crippen molar-refractivity contribution < 1.29 is 22.7 Å². The van der Waals surface area contributed by atoms with Crippen molar-refractivity contribution in [2.24, 2.45) is 0 Å². The SMILES string of the molecule is CCCc1cc2c(N3CCn4c(nnc4C(F)(F)F)C3)nc(N3CCCC3C(=O)OC(C)C)nc2s1. The average molecular weight is 524 g/mol. The molecular formula is C23H28F3N7O2S. The predicted molar refractivity (Wildman–Crippen MR) is 129 cm³/mol. The first-order valence-electron chi connectivity index (χ1n) is 12.2. The minimum Gasteiger partial charge on any atom is -0.461 e. The van der Waals surface area contributed by atoms with Gasteiger partial charge >= 0.3 is 12.1 Å². The minimum absolute atomic E-state index is 0.0943. The first-order valence-corrected chi connectivity index (χ1v) is 13.0.